The minimum absolute atomic E-state index is 0.0996. The van der Waals surface area contributed by atoms with Gasteiger partial charge in [-0.05, 0) is 60.7 Å². The van der Waals surface area contributed by atoms with Crippen LogP contribution in [0.4, 0.5) is 20.4 Å². The highest BCUT2D eigenvalue weighted by Crippen LogP contribution is 2.49. The molecule has 3 aliphatic rings. The smallest absolute Gasteiger partial charge is 0.256 e. The third-order valence-corrected chi connectivity index (χ3v) is 9.32. The first kappa shape index (κ1) is 31.6. The number of benzene rings is 1. The van der Waals surface area contributed by atoms with Crippen molar-refractivity contribution in [2.24, 2.45) is 5.92 Å². The molecule has 3 aromatic heterocycles. The fourth-order valence-electron chi connectivity index (χ4n) is 6.23. The molecule has 0 radical (unpaired) electrons. The Hall–Kier alpha value is -3.95. The second-order valence-electron chi connectivity index (χ2n) is 12.4. The number of halogens is 3. The van der Waals surface area contributed by atoms with Crippen molar-refractivity contribution in [1.29, 1.82) is 0 Å². The molecule has 16 heteroatoms. The van der Waals surface area contributed by atoms with Gasteiger partial charge < -0.3 is 19.5 Å². The maximum Gasteiger partial charge on any atom is 0.256 e. The Bertz CT molecular complexity index is 1630. The number of rotatable bonds is 12. The first-order valence-electron chi connectivity index (χ1n) is 16.0. The standard InChI is InChI=1S/C31H37ClF2N10O3/c1-20(16-43-19-37-40-41-43)47-28-12-21(2-7-26(28)32)22-14-35-30(36-15-22)38-27-17-44(39-29(27)46-18-23-13-31(23,33)34)25-5-3-24(4-6-25)42-8-10-45-11-9-42/h2,7,12,14-15,17,19-20,23-25H,3-6,8-11,13,16,18H2,1H3,(H,35,36,38)/t20-,23-,24?,25?/m0/s1. The fraction of sp³-hybridized carbons (Fsp3) is 0.548. The molecule has 4 heterocycles. The van der Waals surface area contributed by atoms with Gasteiger partial charge in [-0.3, -0.25) is 9.58 Å². The number of nitrogens with one attached hydrogen (secondary N) is 1. The van der Waals surface area contributed by atoms with Crippen LogP contribution in [0.3, 0.4) is 0 Å². The number of tetrazole rings is 1. The summed E-state index contributed by atoms with van der Waals surface area (Å²) in [5, 5.41) is 19.5. The van der Waals surface area contributed by atoms with Gasteiger partial charge in [0.25, 0.3) is 11.8 Å². The van der Waals surface area contributed by atoms with E-state index in [1.54, 1.807) is 23.1 Å². The Balaban J connectivity index is 1.03. The number of anilines is 2. The molecule has 2 atom stereocenters. The lowest BCUT2D eigenvalue weighted by Gasteiger charge is -2.38. The van der Waals surface area contributed by atoms with Crippen LogP contribution in [0.2, 0.25) is 5.02 Å². The molecule has 1 aliphatic heterocycles. The van der Waals surface area contributed by atoms with Crippen LogP contribution in [0.1, 0.15) is 45.1 Å². The number of aromatic nitrogens is 8. The Morgan fingerprint density at radius 3 is 2.53 bits per heavy atom. The second kappa shape index (κ2) is 13.6. The van der Waals surface area contributed by atoms with Gasteiger partial charge in [0.1, 0.15) is 23.9 Å². The van der Waals surface area contributed by atoms with Gasteiger partial charge in [0.05, 0.1) is 49.5 Å². The quantitative estimate of drug-likeness (QED) is 0.218. The average Bonchev–Trinajstić information content (AvgIpc) is 3.40. The van der Waals surface area contributed by atoms with Crippen molar-refractivity contribution >= 4 is 23.2 Å². The van der Waals surface area contributed by atoms with Crippen LogP contribution in [-0.4, -0.2) is 95.8 Å². The van der Waals surface area contributed by atoms with E-state index in [0.29, 0.717) is 35.0 Å². The van der Waals surface area contributed by atoms with Crippen LogP contribution in [-0.2, 0) is 11.3 Å². The summed E-state index contributed by atoms with van der Waals surface area (Å²) in [5.41, 5.74) is 2.11. The third-order valence-electron chi connectivity index (χ3n) is 9.00. The summed E-state index contributed by atoms with van der Waals surface area (Å²) in [6.45, 7) is 5.79. The fourth-order valence-corrected chi connectivity index (χ4v) is 6.39. The molecule has 0 spiro atoms. The minimum Gasteiger partial charge on any atom is -0.487 e. The van der Waals surface area contributed by atoms with Gasteiger partial charge in [-0.2, -0.15) is 0 Å². The third kappa shape index (κ3) is 7.63. The molecule has 1 aromatic carbocycles. The van der Waals surface area contributed by atoms with E-state index in [9.17, 15) is 8.78 Å². The predicted octanol–water partition coefficient (Wildman–Crippen LogP) is 5.04. The lowest BCUT2D eigenvalue weighted by Crippen LogP contribution is -2.45. The average molecular weight is 671 g/mol. The van der Waals surface area contributed by atoms with Crippen LogP contribution in [0.5, 0.6) is 11.6 Å². The second-order valence-corrected chi connectivity index (χ2v) is 12.8. The van der Waals surface area contributed by atoms with E-state index in [0.717, 1.165) is 63.1 Å². The zero-order valence-electron chi connectivity index (χ0n) is 26.0. The van der Waals surface area contributed by atoms with Crippen molar-refractivity contribution in [2.45, 2.75) is 69.7 Å². The van der Waals surface area contributed by atoms with Crippen LogP contribution in [0, 0.1) is 5.92 Å². The highest BCUT2D eigenvalue weighted by molar-refractivity contribution is 6.32. The van der Waals surface area contributed by atoms with E-state index in [1.807, 2.05) is 29.9 Å². The Morgan fingerprint density at radius 2 is 1.83 bits per heavy atom. The van der Waals surface area contributed by atoms with E-state index in [1.165, 1.54) is 6.33 Å². The van der Waals surface area contributed by atoms with Gasteiger partial charge in [0, 0.05) is 43.5 Å². The van der Waals surface area contributed by atoms with Gasteiger partial charge in [0.15, 0.2) is 0 Å². The molecule has 1 N–H and O–H groups in total. The summed E-state index contributed by atoms with van der Waals surface area (Å²) >= 11 is 6.42. The topological polar surface area (TPSA) is 130 Å². The van der Waals surface area contributed by atoms with Crippen LogP contribution < -0.4 is 14.8 Å². The van der Waals surface area contributed by atoms with Crippen molar-refractivity contribution in [1.82, 2.24) is 44.9 Å². The molecule has 4 aromatic rings. The number of alkyl halides is 2. The highest BCUT2D eigenvalue weighted by atomic mass is 35.5. The molecule has 0 amide bonds. The molecule has 13 nitrogen and oxygen atoms in total. The highest BCUT2D eigenvalue weighted by Gasteiger charge is 2.57. The molecule has 3 fully saturated rings. The van der Waals surface area contributed by atoms with Crippen LogP contribution in [0.15, 0.2) is 43.1 Å². The van der Waals surface area contributed by atoms with Crippen LogP contribution in [0.25, 0.3) is 11.1 Å². The molecule has 7 rings (SSSR count). The number of hydrogen-bond acceptors (Lipinski definition) is 11. The van der Waals surface area contributed by atoms with Crippen molar-refractivity contribution < 1.29 is 23.0 Å². The molecule has 250 valence electrons. The van der Waals surface area contributed by atoms with Gasteiger partial charge in [-0.1, -0.05) is 17.7 Å². The maximum absolute atomic E-state index is 13.6. The number of morpholine rings is 1. The molecule has 47 heavy (non-hydrogen) atoms. The summed E-state index contributed by atoms with van der Waals surface area (Å²) in [7, 11) is 0. The largest absolute Gasteiger partial charge is 0.487 e. The Morgan fingerprint density at radius 1 is 1.09 bits per heavy atom. The lowest BCUT2D eigenvalue weighted by molar-refractivity contribution is 0.00502. The summed E-state index contributed by atoms with van der Waals surface area (Å²) in [6, 6.07) is 6.20. The molecular formula is C31H37ClF2N10O3. The summed E-state index contributed by atoms with van der Waals surface area (Å²) < 4.78 is 48.2. The molecule has 2 aliphatic carbocycles. The molecule has 1 saturated heterocycles. The van der Waals surface area contributed by atoms with Crippen molar-refractivity contribution in [3.05, 3.63) is 48.1 Å². The SMILES string of the molecule is C[C@@H](Cn1cnnn1)Oc1cc(-c2cnc(Nc3cn(C4CCC(N5CCOCC5)CC4)nc3OC[C@@H]3CC3(F)F)nc2)ccc1Cl. The lowest BCUT2D eigenvalue weighted by atomic mass is 9.90. The Labute approximate surface area is 275 Å². The summed E-state index contributed by atoms with van der Waals surface area (Å²) in [4.78, 5) is 11.6. The Kier molecular flexibility index (Phi) is 9.19. The minimum atomic E-state index is -2.67. The molecule has 2 saturated carbocycles. The van der Waals surface area contributed by atoms with Gasteiger partial charge in [0.2, 0.25) is 5.95 Å². The maximum atomic E-state index is 13.6. The normalized spacial score (nSPS) is 23.3. The number of ether oxygens (including phenoxy) is 3. The van der Waals surface area contributed by atoms with Crippen molar-refractivity contribution in [3.8, 4) is 22.8 Å². The summed E-state index contributed by atoms with van der Waals surface area (Å²) in [6.07, 6.45) is 10.4. The van der Waals surface area contributed by atoms with E-state index in [-0.39, 0.29) is 31.1 Å². The number of hydrogen-bond donors (Lipinski definition) is 1. The van der Waals surface area contributed by atoms with Gasteiger partial charge in [-0.15, -0.1) is 10.2 Å². The van der Waals surface area contributed by atoms with Gasteiger partial charge in [-0.25, -0.2) is 23.4 Å². The zero-order chi connectivity index (χ0) is 32.4. The van der Waals surface area contributed by atoms with E-state index < -0.39 is 11.8 Å². The van der Waals surface area contributed by atoms with Crippen molar-refractivity contribution in [2.75, 3.05) is 38.2 Å². The van der Waals surface area contributed by atoms with E-state index in [4.69, 9.17) is 30.9 Å². The van der Waals surface area contributed by atoms with Gasteiger partial charge >= 0.3 is 0 Å². The van der Waals surface area contributed by atoms with Crippen molar-refractivity contribution in [3.63, 3.8) is 0 Å². The van der Waals surface area contributed by atoms with Crippen LogP contribution >= 0.6 is 11.6 Å². The number of nitrogens with zero attached hydrogens (tertiary/aromatic N) is 9. The van der Waals surface area contributed by atoms with E-state index >= 15 is 0 Å². The molecular weight excluding hydrogens is 634 g/mol. The first-order valence-corrected chi connectivity index (χ1v) is 16.4. The molecule has 0 bridgehead atoms. The monoisotopic (exact) mass is 670 g/mol. The van der Waals surface area contributed by atoms with E-state index in [2.05, 4.69) is 35.7 Å². The zero-order valence-corrected chi connectivity index (χ0v) is 26.8. The predicted molar refractivity (Wildman–Crippen MR) is 168 cm³/mol. The first-order chi connectivity index (χ1) is 22.8. The molecule has 0 unspecified atom stereocenters. The summed E-state index contributed by atoms with van der Waals surface area (Å²) in [5.74, 6) is -2.36.